The van der Waals surface area contributed by atoms with E-state index < -0.39 is 35.5 Å². The quantitative estimate of drug-likeness (QED) is 0.262. The van der Waals surface area contributed by atoms with E-state index in [1.807, 2.05) is 0 Å². The van der Waals surface area contributed by atoms with Gasteiger partial charge in [0, 0.05) is 6.07 Å². The molecule has 4 aromatic rings. The number of aliphatic hydroxyl groups excluding tert-OH is 1. The smallest absolute Gasteiger partial charge is 0.163 e. The first kappa shape index (κ1) is 25.6. The van der Waals surface area contributed by atoms with Gasteiger partial charge in [0.2, 0.25) is 0 Å². The molecule has 0 saturated heterocycles. The fourth-order valence-corrected chi connectivity index (χ4v) is 4.05. The van der Waals surface area contributed by atoms with Gasteiger partial charge in [-0.3, -0.25) is 4.90 Å². The zero-order valence-electron chi connectivity index (χ0n) is 20.2. The molecule has 3 heterocycles. The van der Waals surface area contributed by atoms with Crippen molar-refractivity contribution in [2.24, 2.45) is 4.99 Å². The Kier molecular flexibility index (Phi) is 6.83. The summed E-state index contributed by atoms with van der Waals surface area (Å²) in [5, 5.41) is 14.3. The van der Waals surface area contributed by atoms with Crippen LogP contribution in [0.2, 0.25) is 0 Å². The lowest BCUT2D eigenvalue weighted by Gasteiger charge is -2.37. The van der Waals surface area contributed by atoms with E-state index in [1.54, 1.807) is 6.92 Å². The molecule has 0 saturated carbocycles. The Morgan fingerprint density at radius 1 is 0.974 bits per heavy atom. The molecule has 2 aromatic heterocycles. The Morgan fingerprint density at radius 2 is 1.74 bits per heavy atom. The van der Waals surface area contributed by atoms with Crippen LogP contribution in [-0.2, 0) is 0 Å². The van der Waals surface area contributed by atoms with Gasteiger partial charge >= 0.3 is 0 Å². The largest absolute Gasteiger partial charge is 0.382 e. The summed E-state index contributed by atoms with van der Waals surface area (Å²) in [6.45, 7) is 1.65. The average molecular weight is 533 g/mol. The molecular weight excluding hydrogens is 514 g/mol. The Hall–Kier alpha value is -5.02. The van der Waals surface area contributed by atoms with Crippen molar-refractivity contribution in [3.05, 3.63) is 101 Å². The topological polar surface area (TPSA) is 113 Å². The number of anilines is 3. The second-order valence-corrected chi connectivity index (χ2v) is 8.47. The number of benzene rings is 2. The van der Waals surface area contributed by atoms with Crippen molar-refractivity contribution in [3.8, 4) is 11.8 Å². The molecule has 2 aromatic carbocycles. The number of nitrogens with zero attached hydrogens (tertiary/aromatic N) is 5. The molecular formula is C27H19F4N7O. The number of nitrogens with two attached hydrogens (primary N) is 1. The lowest BCUT2D eigenvalue weighted by molar-refractivity contribution is 0.181. The summed E-state index contributed by atoms with van der Waals surface area (Å²) < 4.78 is 56.2. The molecule has 0 aliphatic carbocycles. The first-order valence-corrected chi connectivity index (χ1v) is 11.5. The van der Waals surface area contributed by atoms with Crippen LogP contribution in [0.25, 0.3) is 0 Å². The van der Waals surface area contributed by atoms with Crippen LogP contribution in [0.5, 0.6) is 0 Å². The third-order valence-corrected chi connectivity index (χ3v) is 5.80. The van der Waals surface area contributed by atoms with Crippen LogP contribution >= 0.6 is 0 Å². The lowest BCUT2D eigenvalue weighted by Crippen LogP contribution is -2.46. The van der Waals surface area contributed by atoms with Gasteiger partial charge in [-0.05, 0) is 49.2 Å². The molecule has 1 aliphatic heterocycles. The zero-order valence-corrected chi connectivity index (χ0v) is 20.2. The maximum atomic E-state index is 14.7. The van der Waals surface area contributed by atoms with E-state index in [4.69, 9.17) is 5.73 Å². The summed E-state index contributed by atoms with van der Waals surface area (Å²) in [4.78, 5) is 17.7. The summed E-state index contributed by atoms with van der Waals surface area (Å²) in [7, 11) is 0. The second-order valence-electron chi connectivity index (χ2n) is 8.47. The molecule has 8 nitrogen and oxygen atoms in total. The number of aromatic nitrogens is 3. The molecule has 12 heteroatoms. The van der Waals surface area contributed by atoms with Crippen LogP contribution in [0.1, 0.15) is 30.0 Å². The molecule has 1 aliphatic rings. The highest BCUT2D eigenvalue weighted by molar-refractivity contribution is 6.06. The van der Waals surface area contributed by atoms with E-state index in [-0.39, 0.29) is 45.7 Å². The van der Waals surface area contributed by atoms with E-state index >= 15 is 0 Å². The number of halogens is 4. The minimum Gasteiger partial charge on any atom is -0.382 e. The zero-order chi connectivity index (χ0) is 27.7. The number of pyridine rings is 1. The Bertz CT molecular complexity index is 1630. The van der Waals surface area contributed by atoms with Crippen LogP contribution < -0.4 is 16.0 Å². The number of hydrogen-bond donors (Lipinski definition) is 3. The third-order valence-electron chi connectivity index (χ3n) is 5.80. The van der Waals surface area contributed by atoms with E-state index in [0.717, 1.165) is 29.3 Å². The first-order chi connectivity index (χ1) is 18.7. The fourth-order valence-electron chi connectivity index (χ4n) is 4.05. The molecule has 196 valence electrons. The van der Waals surface area contributed by atoms with Crippen molar-refractivity contribution >= 4 is 28.8 Å². The number of rotatable bonds is 4. The summed E-state index contributed by atoms with van der Waals surface area (Å²) in [6.07, 6.45) is 0.569. The maximum absolute atomic E-state index is 14.7. The number of fused-ring (bicyclic) bond motifs is 1. The first-order valence-electron chi connectivity index (χ1n) is 11.5. The number of amidine groups is 1. The normalized spacial score (nSPS) is 15.1. The molecule has 0 fully saturated rings. The lowest BCUT2D eigenvalue weighted by atomic mass is 10.0. The van der Waals surface area contributed by atoms with Gasteiger partial charge in [-0.1, -0.05) is 12.0 Å². The van der Waals surface area contributed by atoms with Gasteiger partial charge in [0.25, 0.3) is 0 Å². The van der Waals surface area contributed by atoms with Gasteiger partial charge in [-0.15, -0.1) is 0 Å². The summed E-state index contributed by atoms with van der Waals surface area (Å²) in [6, 6.07) is 8.57. The van der Waals surface area contributed by atoms with Gasteiger partial charge in [0.05, 0.1) is 29.2 Å². The van der Waals surface area contributed by atoms with Crippen LogP contribution in [0.4, 0.5) is 40.6 Å². The molecule has 39 heavy (non-hydrogen) atoms. The highest BCUT2D eigenvalue weighted by Gasteiger charge is 2.35. The van der Waals surface area contributed by atoms with E-state index in [0.29, 0.717) is 6.07 Å². The van der Waals surface area contributed by atoms with Crippen molar-refractivity contribution in [3.63, 3.8) is 0 Å². The van der Waals surface area contributed by atoms with Crippen molar-refractivity contribution < 1.29 is 22.7 Å². The monoisotopic (exact) mass is 533 g/mol. The Morgan fingerprint density at radius 3 is 2.46 bits per heavy atom. The van der Waals surface area contributed by atoms with Crippen molar-refractivity contribution in [2.45, 2.75) is 19.2 Å². The van der Waals surface area contributed by atoms with Gasteiger partial charge < -0.3 is 16.2 Å². The fraction of sp³-hybridized carbons (Fsp3) is 0.111. The standard InChI is InChI=1S/C27H19F4N7O/c1-14(36-25-20(24(32)34-13-35-25)8-7-18-6-5-15(28)12-33-18)26-37-22-4-2-3-21(31)23(22)27(39)38(26)19-10-16(29)9-17(30)11-19/h2-6,9-14,27,39H,1H3,(H3,32,34,35,36). The van der Waals surface area contributed by atoms with Crippen molar-refractivity contribution in [2.75, 3.05) is 16.0 Å². The SMILES string of the molecule is CC(Nc1ncnc(N)c1C#Cc1ccc(F)cn1)C1=Nc2cccc(F)c2C(O)N1c1cc(F)cc(F)c1. The van der Waals surface area contributed by atoms with E-state index in [9.17, 15) is 22.7 Å². The summed E-state index contributed by atoms with van der Waals surface area (Å²) in [5.74, 6) is 2.85. The minimum absolute atomic E-state index is 0.0383. The Balaban J connectivity index is 1.56. The number of hydrogen-bond acceptors (Lipinski definition) is 8. The van der Waals surface area contributed by atoms with Crippen LogP contribution in [0.3, 0.4) is 0 Å². The van der Waals surface area contributed by atoms with E-state index in [2.05, 4.69) is 37.1 Å². The van der Waals surface area contributed by atoms with E-state index in [1.165, 1.54) is 30.6 Å². The van der Waals surface area contributed by atoms with Gasteiger partial charge in [0.15, 0.2) is 6.23 Å². The molecule has 2 unspecified atom stereocenters. The number of nitrogen functional groups attached to an aromatic ring is 1. The molecule has 0 bridgehead atoms. The van der Waals surface area contributed by atoms with Crippen LogP contribution in [0, 0.1) is 35.1 Å². The maximum Gasteiger partial charge on any atom is 0.163 e. The van der Waals surface area contributed by atoms with Crippen molar-refractivity contribution in [1.82, 2.24) is 15.0 Å². The molecule has 0 amide bonds. The predicted octanol–water partition coefficient (Wildman–Crippen LogP) is 4.45. The molecule has 0 spiro atoms. The molecule has 2 atom stereocenters. The Labute approximate surface area is 219 Å². The molecule has 5 rings (SSSR count). The summed E-state index contributed by atoms with van der Waals surface area (Å²) in [5.41, 5.74) is 6.41. The van der Waals surface area contributed by atoms with Crippen molar-refractivity contribution in [1.29, 1.82) is 0 Å². The summed E-state index contributed by atoms with van der Waals surface area (Å²) >= 11 is 0. The molecule has 0 radical (unpaired) electrons. The highest BCUT2D eigenvalue weighted by atomic mass is 19.1. The third kappa shape index (κ3) is 5.21. The van der Waals surface area contributed by atoms with Crippen LogP contribution in [-0.4, -0.2) is 31.9 Å². The predicted molar refractivity (Wildman–Crippen MR) is 137 cm³/mol. The van der Waals surface area contributed by atoms with Gasteiger partial charge in [-0.2, -0.15) is 0 Å². The van der Waals surface area contributed by atoms with Gasteiger partial charge in [0.1, 0.15) is 58.3 Å². The minimum atomic E-state index is -1.65. The number of nitrogens with one attached hydrogen (secondary N) is 1. The molecule has 4 N–H and O–H groups in total. The van der Waals surface area contributed by atoms with Crippen LogP contribution in [0.15, 0.2) is 66.0 Å². The highest BCUT2D eigenvalue weighted by Crippen LogP contribution is 2.39. The second kappa shape index (κ2) is 10.4. The number of aliphatic hydroxyl groups is 1. The average Bonchev–Trinajstić information content (AvgIpc) is 2.88. The van der Waals surface area contributed by atoms with Gasteiger partial charge in [-0.25, -0.2) is 37.5 Å². The number of aliphatic imine (C=N–C) groups is 1.